The molecule has 0 spiro atoms. The summed E-state index contributed by atoms with van der Waals surface area (Å²) in [6.07, 6.45) is 17.4. The quantitative estimate of drug-likeness (QED) is 0.144. The van der Waals surface area contributed by atoms with Crippen LogP contribution in [0.5, 0.6) is 0 Å². The van der Waals surface area contributed by atoms with Gasteiger partial charge in [-0.3, -0.25) is 9.59 Å². The Morgan fingerprint density at radius 2 is 0.901 bits per heavy atom. The van der Waals surface area contributed by atoms with Crippen LogP contribution in [0.3, 0.4) is 0 Å². The number of aromatic nitrogens is 4. The highest BCUT2D eigenvalue weighted by Gasteiger charge is 2.31. The summed E-state index contributed by atoms with van der Waals surface area (Å²) in [5, 5.41) is 4.06. The number of rotatable bonds is 10. The van der Waals surface area contributed by atoms with E-state index in [9.17, 15) is 26.4 Å². The molecule has 11 rings (SSSR count). The van der Waals surface area contributed by atoms with E-state index in [1.165, 1.54) is 16.1 Å². The number of amides is 2. The van der Waals surface area contributed by atoms with E-state index < -0.39 is 20.2 Å². The fourth-order valence-corrected chi connectivity index (χ4v) is 14.7. The largest absolute Gasteiger partial charge is 0.347 e. The molecule has 7 aromatic heterocycles. The number of piperidine rings is 3. The Balaban J connectivity index is 0.000000142. The van der Waals surface area contributed by atoms with Crippen LogP contribution >= 0.6 is 0 Å². The van der Waals surface area contributed by atoms with Gasteiger partial charge in [-0.2, -0.15) is 17.0 Å². The number of para-hydroxylation sites is 1. The number of likely N-dealkylation sites (tertiary alicyclic amines) is 1. The second-order valence-corrected chi connectivity index (χ2v) is 28.0. The smallest absolute Gasteiger partial charge is 0.307 e. The van der Waals surface area contributed by atoms with E-state index in [0.29, 0.717) is 48.8 Å². The fraction of sp³-hybridized carbons (Fsp3) is 0.477. The summed E-state index contributed by atoms with van der Waals surface area (Å²) in [7, 11) is -6.84. The number of sulfonamides is 1. The molecule has 1 aromatic carbocycles. The van der Waals surface area contributed by atoms with Gasteiger partial charge >= 0.3 is 10.2 Å². The van der Waals surface area contributed by atoms with E-state index in [2.05, 4.69) is 81.8 Å². The first-order valence-electron chi connectivity index (χ1n) is 29.5. The van der Waals surface area contributed by atoms with E-state index in [1.807, 2.05) is 133 Å². The minimum atomic E-state index is -3.45. The Morgan fingerprint density at radius 1 is 0.481 bits per heavy atom. The maximum absolute atomic E-state index is 12.9. The van der Waals surface area contributed by atoms with Crippen molar-refractivity contribution in [3.05, 3.63) is 156 Å². The number of carbonyl (C=O) groups excluding carboxylic acids is 2. The molecule has 10 heterocycles. The third-order valence-corrected chi connectivity index (χ3v) is 19.4. The Morgan fingerprint density at radius 3 is 1.41 bits per heavy atom. The van der Waals surface area contributed by atoms with E-state index in [4.69, 9.17) is 0 Å². The lowest BCUT2D eigenvalue weighted by Gasteiger charge is -2.26. The van der Waals surface area contributed by atoms with Gasteiger partial charge in [0, 0.05) is 92.1 Å². The minimum Gasteiger partial charge on any atom is -0.347 e. The zero-order chi connectivity index (χ0) is 58.4. The second-order valence-electron chi connectivity index (χ2n) is 24.3. The first kappa shape index (κ1) is 60.9. The van der Waals surface area contributed by atoms with Crippen LogP contribution in [-0.4, -0.2) is 104 Å². The van der Waals surface area contributed by atoms with Gasteiger partial charge in [0.25, 0.3) is 11.8 Å². The molecule has 436 valence electrons. The number of hydrogen-bond donors (Lipinski definition) is 1. The Bertz CT molecular complexity index is 3540. The van der Waals surface area contributed by atoms with Gasteiger partial charge in [-0.1, -0.05) is 105 Å². The molecule has 14 nitrogen and oxygen atoms in total. The van der Waals surface area contributed by atoms with E-state index in [-0.39, 0.29) is 23.3 Å². The molecule has 0 atom stereocenters. The first-order chi connectivity index (χ1) is 38.5. The number of benzene rings is 1. The van der Waals surface area contributed by atoms with Crippen molar-refractivity contribution in [1.29, 1.82) is 0 Å². The van der Waals surface area contributed by atoms with Crippen LogP contribution < -0.4 is 5.32 Å². The van der Waals surface area contributed by atoms with Crippen LogP contribution in [0, 0.1) is 0 Å². The molecule has 1 N–H and O–H groups in total. The summed E-state index contributed by atoms with van der Waals surface area (Å²) in [5.74, 6) is 1.56. The van der Waals surface area contributed by atoms with Gasteiger partial charge in [0.2, 0.25) is 10.0 Å². The predicted molar refractivity (Wildman–Crippen MR) is 330 cm³/mol. The molecule has 3 aliphatic heterocycles. The van der Waals surface area contributed by atoms with Crippen molar-refractivity contribution in [2.24, 2.45) is 0 Å². The molecular weight excluding hydrogens is 1050 g/mol. The summed E-state index contributed by atoms with van der Waals surface area (Å²) in [6.45, 7) is 27.3. The number of hydrogen-bond acceptors (Lipinski definition) is 6. The molecule has 2 amide bonds. The summed E-state index contributed by atoms with van der Waals surface area (Å²) >= 11 is 0. The van der Waals surface area contributed by atoms with Crippen molar-refractivity contribution in [3.63, 3.8) is 0 Å². The monoisotopic (exact) mass is 1140 g/mol. The summed E-state index contributed by atoms with van der Waals surface area (Å²) < 4.78 is 62.7. The van der Waals surface area contributed by atoms with Crippen molar-refractivity contribution in [3.8, 4) is 0 Å². The SMILES string of the molecule is CC(C)c1cc(C(=O)N2CCCCC2)c2ccccn12.CC(C)c1cc(C(=O)NC(C)(C)C)c2ccccn12.CC(C)c1cc(S(=O)(=O)N2CCCCC2)c2ccccn12.CC(C)c1cn(S(=O)(=O)N2CCCCC2)c2ccccc12. The van der Waals surface area contributed by atoms with Gasteiger partial charge in [0.05, 0.1) is 33.2 Å². The van der Waals surface area contributed by atoms with E-state index >= 15 is 0 Å². The van der Waals surface area contributed by atoms with Crippen LogP contribution in [0.4, 0.5) is 0 Å². The zero-order valence-electron chi connectivity index (χ0n) is 49.9. The molecule has 3 saturated heterocycles. The lowest BCUT2D eigenvalue weighted by Crippen LogP contribution is -2.40. The maximum Gasteiger partial charge on any atom is 0.307 e. The molecule has 3 aliphatic rings. The molecule has 0 radical (unpaired) electrons. The standard InChI is InChI=1S/C17H22N2O.2C16H22N2O2S.C16H22N2O/c1-13(2)16-12-14(15-8-4-7-11-19(15)16)17(20)18-9-5-3-6-10-18;1-13(2)15-12-18(16-9-5-4-8-14(15)16)21(19,20)17-10-6-3-7-11-17;1-13(2)15-12-16(14-8-4-7-11-18(14)15)21(19,20)17-9-5-3-6-10-17;1-11(2)14-10-12(15(19)17-16(3,4)5)13-8-6-7-9-18(13)14/h4,7-8,11-13H,3,5-6,9-10H2,1-2H3;4-5,8-9,12-13H,3,6-7,10-11H2,1-2H3;4,7-8,11-13H,3,5-6,9-10H2,1-2H3;6-11H,1-5H3,(H,17,19). The average Bonchev–Trinajstić information content (AvgIpc) is 4.35. The third-order valence-electron chi connectivity index (χ3n) is 15.6. The number of nitrogens with one attached hydrogen (secondary N) is 1. The van der Waals surface area contributed by atoms with Crippen molar-refractivity contribution < 1.29 is 26.4 Å². The normalized spacial score (nSPS) is 16.0. The van der Waals surface area contributed by atoms with Gasteiger partial charge in [0.1, 0.15) is 4.90 Å². The third kappa shape index (κ3) is 13.7. The van der Waals surface area contributed by atoms with Gasteiger partial charge < -0.3 is 23.4 Å². The minimum absolute atomic E-state index is 0.0110. The fourth-order valence-electron chi connectivity index (χ4n) is 11.4. The number of fused-ring (bicyclic) bond motifs is 4. The maximum atomic E-state index is 12.9. The molecule has 0 bridgehead atoms. The molecule has 0 saturated carbocycles. The molecule has 3 fully saturated rings. The van der Waals surface area contributed by atoms with Crippen molar-refractivity contribution in [2.75, 3.05) is 39.3 Å². The predicted octanol–water partition coefficient (Wildman–Crippen LogP) is 13.9. The lowest BCUT2D eigenvalue weighted by atomic mass is 10.0. The lowest BCUT2D eigenvalue weighted by molar-refractivity contribution is 0.0726. The number of nitrogens with zero attached hydrogens (tertiary/aromatic N) is 7. The molecule has 81 heavy (non-hydrogen) atoms. The topological polar surface area (TPSA) is 142 Å². The van der Waals surface area contributed by atoms with Crippen molar-refractivity contribution >= 4 is 59.5 Å². The molecule has 0 unspecified atom stereocenters. The van der Waals surface area contributed by atoms with Crippen LogP contribution in [0.15, 0.2) is 127 Å². The van der Waals surface area contributed by atoms with Gasteiger partial charge in [-0.15, -0.1) is 0 Å². The van der Waals surface area contributed by atoms with Gasteiger partial charge in [0.15, 0.2) is 0 Å². The second kappa shape index (κ2) is 25.9. The summed E-state index contributed by atoms with van der Waals surface area (Å²) in [6, 6.07) is 31.4. The number of pyridine rings is 3. The average molecular weight is 1140 g/mol. The van der Waals surface area contributed by atoms with E-state index in [1.54, 1.807) is 14.8 Å². The highest BCUT2D eigenvalue weighted by atomic mass is 32.2. The highest BCUT2D eigenvalue weighted by molar-refractivity contribution is 7.89. The van der Waals surface area contributed by atoms with Crippen LogP contribution in [0.25, 0.3) is 27.5 Å². The van der Waals surface area contributed by atoms with E-state index in [0.717, 1.165) is 120 Å². The first-order valence-corrected chi connectivity index (χ1v) is 32.4. The molecule has 0 aliphatic carbocycles. The van der Waals surface area contributed by atoms with Crippen LogP contribution in [0.1, 0.15) is 201 Å². The Kier molecular flexibility index (Phi) is 19.5. The van der Waals surface area contributed by atoms with Gasteiger partial charge in [-0.05, 0) is 156 Å². The summed E-state index contributed by atoms with van der Waals surface area (Å²) in [5.41, 5.74) is 9.45. The molecular formula is C65H88N8O6S2. The molecule has 16 heteroatoms. The van der Waals surface area contributed by atoms with Crippen molar-refractivity contribution in [1.82, 2.24) is 36.0 Å². The number of carbonyl (C=O) groups is 2. The van der Waals surface area contributed by atoms with Crippen LogP contribution in [-0.2, 0) is 20.2 Å². The van der Waals surface area contributed by atoms with Crippen LogP contribution in [0.2, 0.25) is 0 Å². The Hall–Kier alpha value is -6.20. The van der Waals surface area contributed by atoms with Crippen molar-refractivity contribution in [2.45, 2.75) is 168 Å². The summed E-state index contributed by atoms with van der Waals surface area (Å²) in [4.78, 5) is 27.6. The van der Waals surface area contributed by atoms with Gasteiger partial charge in [-0.25, -0.2) is 12.4 Å². The molecule has 8 aromatic rings. The highest BCUT2D eigenvalue weighted by Crippen LogP contribution is 2.33. The zero-order valence-corrected chi connectivity index (χ0v) is 51.5. The Labute approximate surface area is 482 Å².